The van der Waals surface area contributed by atoms with Crippen LogP contribution in [0.15, 0.2) is 0 Å². The van der Waals surface area contributed by atoms with E-state index in [0.717, 1.165) is 25.7 Å². The van der Waals surface area contributed by atoms with Crippen LogP contribution in [0.3, 0.4) is 0 Å². The highest BCUT2D eigenvalue weighted by Gasteiger charge is 2.30. The van der Waals surface area contributed by atoms with Gasteiger partial charge < -0.3 is 5.11 Å². The van der Waals surface area contributed by atoms with Crippen molar-refractivity contribution in [2.24, 2.45) is 0 Å². The van der Waals surface area contributed by atoms with Crippen molar-refractivity contribution in [2.45, 2.75) is 63.9 Å². The standard InChI is InChI=1S/C13H25ClOSi/c1-5-9-12(15)13(16(2,3)4)10-7-6-8-11-14/h12-13,15H,5-6,8-9,11H2,1-4H3/t12-,13-/m1/s1. The zero-order valence-corrected chi connectivity index (χ0v) is 12.8. The van der Waals surface area contributed by atoms with Gasteiger partial charge in [-0.2, -0.15) is 0 Å². The van der Waals surface area contributed by atoms with Crippen molar-refractivity contribution >= 4 is 19.7 Å². The molecule has 0 aliphatic heterocycles. The second kappa shape index (κ2) is 8.17. The van der Waals surface area contributed by atoms with Crippen molar-refractivity contribution in [1.82, 2.24) is 0 Å². The van der Waals surface area contributed by atoms with Gasteiger partial charge in [-0.15, -0.1) is 23.4 Å². The summed E-state index contributed by atoms with van der Waals surface area (Å²) in [7, 11) is -1.40. The molecule has 0 saturated carbocycles. The van der Waals surface area contributed by atoms with Crippen LogP contribution in [0.4, 0.5) is 0 Å². The van der Waals surface area contributed by atoms with Gasteiger partial charge in [0.25, 0.3) is 0 Å². The zero-order chi connectivity index (χ0) is 12.6. The third-order valence-corrected chi connectivity index (χ3v) is 5.26. The zero-order valence-electron chi connectivity index (χ0n) is 11.0. The van der Waals surface area contributed by atoms with Crippen molar-refractivity contribution in [3.63, 3.8) is 0 Å². The molecule has 0 aromatic heterocycles. The first kappa shape index (κ1) is 16.0. The van der Waals surface area contributed by atoms with Gasteiger partial charge in [0.15, 0.2) is 0 Å². The van der Waals surface area contributed by atoms with Gasteiger partial charge in [-0.1, -0.05) is 33.0 Å². The minimum atomic E-state index is -1.40. The summed E-state index contributed by atoms with van der Waals surface area (Å²) < 4.78 is 0. The van der Waals surface area contributed by atoms with E-state index < -0.39 is 8.07 Å². The Morgan fingerprint density at radius 1 is 1.31 bits per heavy atom. The molecule has 2 atom stereocenters. The Hall–Kier alpha value is 0.0269. The van der Waals surface area contributed by atoms with Gasteiger partial charge in [0.05, 0.1) is 14.2 Å². The first-order chi connectivity index (χ1) is 7.43. The fourth-order valence-corrected chi connectivity index (χ4v) is 3.68. The lowest BCUT2D eigenvalue weighted by Gasteiger charge is -2.28. The maximum atomic E-state index is 10.1. The molecule has 0 spiro atoms. The van der Waals surface area contributed by atoms with Crippen LogP contribution in [0.2, 0.25) is 25.2 Å². The largest absolute Gasteiger partial charge is 0.392 e. The minimum Gasteiger partial charge on any atom is -0.392 e. The average Bonchev–Trinajstić information content (AvgIpc) is 2.16. The van der Waals surface area contributed by atoms with E-state index >= 15 is 0 Å². The Labute approximate surface area is 107 Å². The molecule has 0 unspecified atom stereocenters. The summed E-state index contributed by atoms with van der Waals surface area (Å²) in [6.45, 7) is 8.91. The molecule has 94 valence electrons. The summed E-state index contributed by atoms with van der Waals surface area (Å²) >= 11 is 5.61. The fourth-order valence-electron chi connectivity index (χ4n) is 1.69. The molecule has 1 nitrogen and oxygen atoms in total. The van der Waals surface area contributed by atoms with Crippen LogP contribution in [-0.4, -0.2) is 25.2 Å². The van der Waals surface area contributed by atoms with Crippen LogP contribution in [-0.2, 0) is 0 Å². The van der Waals surface area contributed by atoms with Crippen LogP contribution < -0.4 is 0 Å². The SMILES string of the molecule is CCC[C@@H](O)[C@@H](C#CCCCCl)[Si](C)(C)C. The Morgan fingerprint density at radius 2 is 1.94 bits per heavy atom. The minimum absolute atomic E-state index is 0.197. The van der Waals surface area contributed by atoms with E-state index in [9.17, 15) is 5.11 Å². The average molecular weight is 261 g/mol. The monoisotopic (exact) mass is 260 g/mol. The predicted octanol–water partition coefficient (Wildman–Crippen LogP) is 3.88. The topological polar surface area (TPSA) is 20.2 Å². The fraction of sp³-hybridized carbons (Fsp3) is 0.846. The van der Waals surface area contributed by atoms with Crippen molar-refractivity contribution in [1.29, 1.82) is 0 Å². The van der Waals surface area contributed by atoms with Crippen molar-refractivity contribution in [3.05, 3.63) is 0 Å². The molecular weight excluding hydrogens is 236 g/mol. The normalized spacial score (nSPS) is 15.1. The molecule has 0 aliphatic rings. The lowest BCUT2D eigenvalue weighted by Crippen LogP contribution is -2.35. The van der Waals surface area contributed by atoms with Crippen LogP contribution in [0.5, 0.6) is 0 Å². The van der Waals surface area contributed by atoms with E-state index in [1.165, 1.54) is 0 Å². The van der Waals surface area contributed by atoms with Crippen LogP contribution in [0.25, 0.3) is 0 Å². The Bertz CT molecular complexity index is 237. The molecule has 0 aromatic carbocycles. The first-order valence-electron chi connectivity index (χ1n) is 6.16. The van der Waals surface area contributed by atoms with Crippen LogP contribution >= 0.6 is 11.6 Å². The predicted molar refractivity (Wildman–Crippen MR) is 75.7 cm³/mol. The van der Waals surface area contributed by atoms with Crippen molar-refractivity contribution in [2.75, 3.05) is 5.88 Å². The van der Waals surface area contributed by atoms with Gasteiger partial charge in [-0.3, -0.25) is 0 Å². The summed E-state index contributed by atoms with van der Waals surface area (Å²) in [5.41, 5.74) is 0.197. The Balaban J connectivity index is 4.47. The highest BCUT2D eigenvalue weighted by atomic mass is 35.5. The molecule has 0 aromatic rings. The molecule has 0 heterocycles. The number of hydrogen-bond acceptors (Lipinski definition) is 1. The number of halogens is 1. The quantitative estimate of drug-likeness (QED) is 0.333. The number of aliphatic hydroxyl groups is 1. The first-order valence-corrected chi connectivity index (χ1v) is 10.3. The van der Waals surface area contributed by atoms with E-state index in [-0.39, 0.29) is 11.6 Å². The summed E-state index contributed by atoms with van der Waals surface area (Å²) in [5, 5.41) is 10.1. The van der Waals surface area contributed by atoms with Crippen LogP contribution in [0, 0.1) is 11.8 Å². The summed E-state index contributed by atoms with van der Waals surface area (Å²) in [6.07, 6.45) is 3.42. The maximum absolute atomic E-state index is 10.1. The van der Waals surface area contributed by atoms with Gasteiger partial charge in [0.2, 0.25) is 0 Å². The van der Waals surface area contributed by atoms with E-state index in [0.29, 0.717) is 5.88 Å². The van der Waals surface area contributed by atoms with Crippen molar-refractivity contribution < 1.29 is 5.11 Å². The summed E-state index contributed by atoms with van der Waals surface area (Å²) in [6, 6.07) is 0. The van der Waals surface area contributed by atoms with E-state index in [2.05, 4.69) is 38.4 Å². The molecule has 1 N–H and O–H groups in total. The van der Waals surface area contributed by atoms with E-state index in [1.54, 1.807) is 0 Å². The number of alkyl halides is 1. The summed E-state index contributed by atoms with van der Waals surface area (Å²) in [4.78, 5) is 0. The second-order valence-electron chi connectivity index (χ2n) is 5.31. The molecule has 0 aliphatic carbocycles. The van der Waals surface area contributed by atoms with Gasteiger partial charge >= 0.3 is 0 Å². The molecular formula is C13H25ClOSi. The molecule has 0 radical (unpaired) electrons. The molecule has 0 amide bonds. The smallest absolute Gasteiger partial charge is 0.0652 e. The lowest BCUT2D eigenvalue weighted by atomic mass is 10.1. The van der Waals surface area contributed by atoms with Crippen LogP contribution in [0.1, 0.15) is 32.6 Å². The molecule has 16 heavy (non-hydrogen) atoms. The molecule has 0 fully saturated rings. The number of aliphatic hydroxyl groups excluding tert-OH is 1. The highest BCUT2D eigenvalue weighted by molar-refractivity contribution is 6.78. The molecule has 0 bridgehead atoms. The Kier molecular flexibility index (Phi) is 8.18. The number of unbranched alkanes of at least 4 members (excludes halogenated alkanes) is 1. The summed E-state index contributed by atoms with van der Waals surface area (Å²) in [5.74, 6) is 7.13. The third-order valence-electron chi connectivity index (χ3n) is 2.60. The maximum Gasteiger partial charge on any atom is 0.0652 e. The van der Waals surface area contributed by atoms with E-state index in [1.807, 2.05) is 0 Å². The highest BCUT2D eigenvalue weighted by Crippen LogP contribution is 2.27. The number of hydrogen-bond donors (Lipinski definition) is 1. The van der Waals surface area contributed by atoms with Gasteiger partial charge in [-0.25, -0.2) is 0 Å². The van der Waals surface area contributed by atoms with Gasteiger partial charge in [0.1, 0.15) is 0 Å². The third kappa shape index (κ3) is 6.58. The number of rotatable bonds is 6. The lowest BCUT2D eigenvalue weighted by molar-refractivity contribution is 0.167. The van der Waals surface area contributed by atoms with Crippen molar-refractivity contribution in [3.8, 4) is 11.8 Å². The Morgan fingerprint density at radius 3 is 2.38 bits per heavy atom. The molecule has 0 saturated heterocycles. The second-order valence-corrected chi connectivity index (χ2v) is 11.0. The molecule has 0 rings (SSSR count). The van der Waals surface area contributed by atoms with E-state index in [4.69, 9.17) is 11.6 Å². The van der Waals surface area contributed by atoms with Gasteiger partial charge in [-0.05, 0) is 12.8 Å². The van der Waals surface area contributed by atoms with Gasteiger partial charge in [0, 0.05) is 17.8 Å². The molecule has 3 heteroatoms.